The number of hydrogen-bond donors (Lipinski definition) is 2. The van der Waals surface area contributed by atoms with E-state index in [0.29, 0.717) is 23.3 Å². The molecule has 0 aliphatic rings. The molecule has 28 heavy (non-hydrogen) atoms. The third-order valence-corrected chi connectivity index (χ3v) is 4.68. The highest BCUT2D eigenvalue weighted by atomic mass is 16.2. The molecule has 0 spiro atoms. The Balaban J connectivity index is 1.94. The molecule has 0 unspecified atom stereocenters. The average Bonchev–Trinajstić information content (AvgIpc) is 2.66. The molecule has 0 saturated carbocycles. The van der Waals surface area contributed by atoms with Gasteiger partial charge in [0.2, 0.25) is 5.91 Å². The van der Waals surface area contributed by atoms with Crippen LogP contribution in [-0.4, -0.2) is 16.8 Å². The van der Waals surface area contributed by atoms with Crippen molar-refractivity contribution in [2.75, 3.05) is 5.32 Å². The van der Waals surface area contributed by atoms with Gasteiger partial charge in [-0.15, -0.1) is 0 Å². The molecule has 2 amide bonds. The lowest BCUT2D eigenvalue weighted by Gasteiger charge is -2.13. The largest absolute Gasteiger partial charge is 0.348 e. The Morgan fingerprint density at radius 2 is 1.79 bits per heavy atom. The first-order valence-corrected chi connectivity index (χ1v) is 9.40. The van der Waals surface area contributed by atoms with Crippen LogP contribution in [0, 0.1) is 19.8 Å². The number of carbonyl (C=O) groups excluding carboxylic acids is 2. The van der Waals surface area contributed by atoms with Gasteiger partial charge in [-0.2, -0.15) is 0 Å². The molecule has 2 N–H and O–H groups in total. The van der Waals surface area contributed by atoms with E-state index in [1.807, 2.05) is 64.1 Å². The fraction of sp³-hybridized carbons (Fsp3) is 0.261. The molecule has 1 aromatic heterocycles. The molecule has 0 bridgehead atoms. The van der Waals surface area contributed by atoms with E-state index in [1.165, 1.54) is 0 Å². The number of pyridine rings is 1. The number of rotatable bonds is 5. The quantitative estimate of drug-likeness (QED) is 0.695. The molecule has 0 aliphatic carbocycles. The summed E-state index contributed by atoms with van der Waals surface area (Å²) in [6.07, 6.45) is 0. The van der Waals surface area contributed by atoms with Crippen molar-refractivity contribution in [1.82, 2.24) is 10.3 Å². The molecule has 5 heteroatoms. The summed E-state index contributed by atoms with van der Waals surface area (Å²) >= 11 is 0. The summed E-state index contributed by atoms with van der Waals surface area (Å²) in [6.45, 7) is 8.01. The highest BCUT2D eigenvalue weighted by molar-refractivity contribution is 6.08. The summed E-state index contributed by atoms with van der Waals surface area (Å²) < 4.78 is 0. The molecule has 0 fully saturated rings. The number of amides is 2. The van der Waals surface area contributed by atoms with Crippen LogP contribution in [-0.2, 0) is 11.3 Å². The molecule has 2 aromatic carbocycles. The van der Waals surface area contributed by atoms with Gasteiger partial charge in [0.05, 0.1) is 11.1 Å². The van der Waals surface area contributed by atoms with Crippen molar-refractivity contribution in [2.24, 2.45) is 5.92 Å². The first-order chi connectivity index (χ1) is 13.3. The Bertz CT molecular complexity index is 1040. The zero-order valence-electron chi connectivity index (χ0n) is 16.7. The number of benzene rings is 2. The van der Waals surface area contributed by atoms with E-state index in [0.717, 1.165) is 22.2 Å². The van der Waals surface area contributed by atoms with E-state index in [2.05, 4.69) is 15.6 Å². The molecule has 0 aliphatic heterocycles. The Hall–Kier alpha value is -3.21. The first kappa shape index (κ1) is 19.5. The first-order valence-electron chi connectivity index (χ1n) is 9.40. The summed E-state index contributed by atoms with van der Waals surface area (Å²) in [6, 6.07) is 15.3. The number of nitrogens with zero attached hydrogens (tertiary/aromatic N) is 1. The Labute approximate surface area is 165 Å². The molecular formula is C23H25N3O2. The molecule has 3 aromatic rings. The second-order valence-corrected chi connectivity index (χ2v) is 7.30. The molecule has 1 heterocycles. The minimum Gasteiger partial charge on any atom is -0.348 e. The maximum atomic E-state index is 12.9. The van der Waals surface area contributed by atoms with Crippen LogP contribution in [0.25, 0.3) is 10.9 Å². The predicted octanol–water partition coefficient (Wildman–Crippen LogP) is 4.38. The Morgan fingerprint density at radius 1 is 1.04 bits per heavy atom. The SMILES string of the molecule is Cc1ccc2c(C(=O)NCc3ccccc3C)cc(NC(=O)C(C)C)cc2n1. The molecule has 0 radical (unpaired) electrons. The van der Waals surface area contributed by atoms with Crippen LogP contribution < -0.4 is 10.6 Å². The van der Waals surface area contributed by atoms with Gasteiger partial charge in [-0.1, -0.05) is 44.2 Å². The van der Waals surface area contributed by atoms with Gasteiger partial charge in [0.25, 0.3) is 5.91 Å². The number of nitrogens with one attached hydrogen (secondary N) is 2. The van der Waals surface area contributed by atoms with Gasteiger partial charge in [-0.05, 0) is 43.2 Å². The van der Waals surface area contributed by atoms with Crippen molar-refractivity contribution in [3.8, 4) is 0 Å². The summed E-state index contributed by atoms with van der Waals surface area (Å²) in [5.74, 6) is -0.447. The van der Waals surface area contributed by atoms with Crippen LogP contribution in [0.2, 0.25) is 0 Å². The second-order valence-electron chi connectivity index (χ2n) is 7.30. The van der Waals surface area contributed by atoms with E-state index >= 15 is 0 Å². The van der Waals surface area contributed by atoms with Gasteiger partial charge >= 0.3 is 0 Å². The van der Waals surface area contributed by atoms with Crippen molar-refractivity contribution in [1.29, 1.82) is 0 Å². The normalized spacial score (nSPS) is 10.9. The lowest BCUT2D eigenvalue weighted by atomic mass is 10.0. The van der Waals surface area contributed by atoms with Crippen LogP contribution in [0.15, 0.2) is 48.5 Å². The van der Waals surface area contributed by atoms with Crippen LogP contribution >= 0.6 is 0 Å². The number of fused-ring (bicyclic) bond motifs is 1. The molecule has 5 nitrogen and oxygen atoms in total. The van der Waals surface area contributed by atoms with Crippen LogP contribution in [0.1, 0.15) is 41.0 Å². The number of aryl methyl sites for hydroxylation is 2. The molecular weight excluding hydrogens is 350 g/mol. The molecule has 0 atom stereocenters. The van der Waals surface area contributed by atoms with Crippen molar-refractivity contribution >= 4 is 28.4 Å². The van der Waals surface area contributed by atoms with Gasteiger partial charge in [0, 0.05) is 29.2 Å². The standard InChI is InChI=1S/C23H25N3O2/c1-14(2)22(27)26-18-11-20(19-10-9-16(4)25-21(19)12-18)23(28)24-13-17-8-6-5-7-15(17)3/h5-12,14H,13H2,1-4H3,(H,24,28)(H,26,27). The van der Waals surface area contributed by atoms with E-state index in [4.69, 9.17) is 0 Å². The van der Waals surface area contributed by atoms with Crippen molar-refractivity contribution < 1.29 is 9.59 Å². The fourth-order valence-electron chi connectivity index (χ4n) is 2.96. The van der Waals surface area contributed by atoms with Gasteiger partial charge in [0.15, 0.2) is 0 Å². The Kier molecular flexibility index (Phi) is 5.73. The van der Waals surface area contributed by atoms with Crippen LogP contribution in [0.4, 0.5) is 5.69 Å². The number of anilines is 1. The van der Waals surface area contributed by atoms with Gasteiger partial charge < -0.3 is 10.6 Å². The zero-order valence-corrected chi connectivity index (χ0v) is 16.7. The van der Waals surface area contributed by atoms with Crippen molar-refractivity contribution in [3.05, 3.63) is 70.9 Å². The monoisotopic (exact) mass is 375 g/mol. The molecule has 0 saturated heterocycles. The second kappa shape index (κ2) is 8.21. The Morgan fingerprint density at radius 3 is 2.50 bits per heavy atom. The summed E-state index contributed by atoms with van der Waals surface area (Å²) in [5.41, 5.74) is 4.80. The highest BCUT2D eigenvalue weighted by Gasteiger charge is 2.15. The van der Waals surface area contributed by atoms with E-state index in [1.54, 1.807) is 12.1 Å². The lowest BCUT2D eigenvalue weighted by molar-refractivity contribution is -0.118. The average molecular weight is 375 g/mol. The van der Waals surface area contributed by atoms with Gasteiger partial charge in [0.1, 0.15) is 0 Å². The topological polar surface area (TPSA) is 71.1 Å². The smallest absolute Gasteiger partial charge is 0.252 e. The van der Waals surface area contributed by atoms with Gasteiger partial charge in [-0.25, -0.2) is 0 Å². The minimum atomic E-state index is -0.195. The molecule has 3 rings (SSSR count). The number of carbonyl (C=O) groups is 2. The van der Waals surface area contributed by atoms with E-state index < -0.39 is 0 Å². The van der Waals surface area contributed by atoms with Crippen molar-refractivity contribution in [3.63, 3.8) is 0 Å². The zero-order chi connectivity index (χ0) is 20.3. The maximum Gasteiger partial charge on any atom is 0.252 e. The summed E-state index contributed by atoms with van der Waals surface area (Å²) in [5, 5.41) is 6.62. The third-order valence-electron chi connectivity index (χ3n) is 4.68. The third kappa shape index (κ3) is 4.36. The lowest BCUT2D eigenvalue weighted by Crippen LogP contribution is -2.24. The number of hydrogen-bond acceptors (Lipinski definition) is 3. The van der Waals surface area contributed by atoms with Crippen LogP contribution in [0.5, 0.6) is 0 Å². The summed E-state index contributed by atoms with van der Waals surface area (Å²) in [4.78, 5) is 29.6. The van der Waals surface area contributed by atoms with Crippen molar-refractivity contribution in [2.45, 2.75) is 34.2 Å². The van der Waals surface area contributed by atoms with Crippen LogP contribution in [0.3, 0.4) is 0 Å². The molecule has 144 valence electrons. The number of aromatic nitrogens is 1. The maximum absolute atomic E-state index is 12.9. The predicted molar refractivity (Wildman–Crippen MR) is 112 cm³/mol. The van der Waals surface area contributed by atoms with Gasteiger partial charge in [-0.3, -0.25) is 14.6 Å². The highest BCUT2D eigenvalue weighted by Crippen LogP contribution is 2.24. The van der Waals surface area contributed by atoms with E-state index in [-0.39, 0.29) is 17.7 Å². The fourth-order valence-corrected chi connectivity index (χ4v) is 2.96. The minimum absolute atomic E-state index is 0.0988. The van der Waals surface area contributed by atoms with E-state index in [9.17, 15) is 9.59 Å². The summed E-state index contributed by atoms with van der Waals surface area (Å²) in [7, 11) is 0.